The molecular weight excluding hydrogens is 329 g/mol. The zero-order valence-corrected chi connectivity index (χ0v) is 14.3. The van der Waals surface area contributed by atoms with Gasteiger partial charge in [-0.25, -0.2) is 4.98 Å². The largest absolute Gasteiger partial charge is 0.354 e. The van der Waals surface area contributed by atoms with Gasteiger partial charge in [0.05, 0.1) is 21.3 Å². The summed E-state index contributed by atoms with van der Waals surface area (Å²) in [5.41, 5.74) is 6.68. The highest BCUT2D eigenvalue weighted by atomic mass is 35.5. The molecule has 0 saturated heterocycles. The van der Waals surface area contributed by atoms with Crippen LogP contribution in [0.1, 0.15) is 18.9 Å². The standard InChI is InChI=1S/C14H18ClN3OS.ClH/c1-8(2)13(16)14(19)17-6-5-12-18-10-7-9(15)3-4-11(10)20-12;/h3-4,7-8,13H,5-6,16H2,1-2H3,(H,17,19);1H/t13-;/m0./s1. The maximum absolute atomic E-state index is 11.7. The summed E-state index contributed by atoms with van der Waals surface area (Å²) in [7, 11) is 0. The van der Waals surface area contributed by atoms with Crippen molar-refractivity contribution >= 4 is 51.5 Å². The molecule has 1 atom stereocenters. The third kappa shape index (κ3) is 4.81. The number of nitrogens with zero attached hydrogens (tertiary/aromatic N) is 1. The van der Waals surface area contributed by atoms with E-state index < -0.39 is 6.04 Å². The van der Waals surface area contributed by atoms with Crippen molar-refractivity contribution in [3.8, 4) is 0 Å². The minimum Gasteiger partial charge on any atom is -0.354 e. The van der Waals surface area contributed by atoms with Crippen molar-refractivity contribution in [3.05, 3.63) is 28.2 Å². The van der Waals surface area contributed by atoms with E-state index >= 15 is 0 Å². The fourth-order valence-corrected chi connectivity index (χ4v) is 2.88. The van der Waals surface area contributed by atoms with E-state index in [1.807, 2.05) is 32.0 Å². The Kier molecular flexibility index (Phi) is 6.87. The van der Waals surface area contributed by atoms with Crippen LogP contribution in [0, 0.1) is 5.92 Å². The molecule has 3 N–H and O–H groups in total. The zero-order valence-electron chi connectivity index (χ0n) is 11.9. The van der Waals surface area contributed by atoms with E-state index in [9.17, 15) is 4.79 Å². The molecular formula is C14H19Cl2N3OS. The highest BCUT2D eigenvalue weighted by Gasteiger charge is 2.16. The molecule has 0 aliphatic heterocycles. The summed E-state index contributed by atoms with van der Waals surface area (Å²) >= 11 is 7.55. The topological polar surface area (TPSA) is 68.0 Å². The Bertz CT molecular complexity index is 615. The number of carbonyl (C=O) groups excluding carboxylic acids is 1. The van der Waals surface area contributed by atoms with Gasteiger partial charge in [0.2, 0.25) is 5.91 Å². The van der Waals surface area contributed by atoms with Crippen LogP contribution in [0.2, 0.25) is 5.02 Å². The molecule has 4 nitrogen and oxygen atoms in total. The molecule has 1 aromatic heterocycles. The highest BCUT2D eigenvalue weighted by Crippen LogP contribution is 2.24. The number of rotatable bonds is 5. The number of fused-ring (bicyclic) bond motifs is 1. The molecule has 0 spiro atoms. The second kappa shape index (κ2) is 7.94. The molecule has 1 aromatic carbocycles. The van der Waals surface area contributed by atoms with Crippen LogP contribution in [-0.4, -0.2) is 23.5 Å². The number of carbonyl (C=O) groups is 1. The number of benzene rings is 1. The first-order chi connectivity index (χ1) is 9.47. The monoisotopic (exact) mass is 347 g/mol. The second-order valence-electron chi connectivity index (χ2n) is 5.03. The van der Waals surface area contributed by atoms with Crippen molar-refractivity contribution in [2.24, 2.45) is 11.7 Å². The number of hydrogen-bond donors (Lipinski definition) is 2. The third-order valence-electron chi connectivity index (χ3n) is 3.05. The average molecular weight is 348 g/mol. The maximum Gasteiger partial charge on any atom is 0.237 e. The van der Waals surface area contributed by atoms with Gasteiger partial charge >= 0.3 is 0 Å². The molecule has 116 valence electrons. The van der Waals surface area contributed by atoms with Gasteiger partial charge in [-0.2, -0.15) is 0 Å². The number of hydrogen-bond acceptors (Lipinski definition) is 4. The lowest BCUT2D eigenvalue weighted by atomic mass is 10.1. The first-order valence-corrected chi connectivity index (χ1v) is 7.75. The van der Waals surface area contributed by atoms with Crippen LogP contribution >= 0.6 is 35.3 Å². The quantitative estimate of drug-likeness (QED) is 0.873. The first-order valence-electron chi connectivity index (χ1n) is 6.55. The van der Waals surface area contributed by atoms with E-state index in [0.717, 1.165) is 15.2 Å². The number of amides is 1. The Morgan fingerprint density at radius 1 is 1.48 bits per heavy atom. The number of halogens is 2. The summed E-state index contributed by atoms with van der Waals surface area (Å²) in [6, 6.07) is 5.22. The molecule has 2 rings (SSSR count). The molecule has 2 aromatic rings. The van der Waals surface area contributed by atoms with Crippen molar-refractivity contribution in [3.63, 3.8) is 0 Å². The zero-order chi connectivity index (χ0) is 14.7. The molecule has 7 heteroatoms. The number of nitrogens with one attached hydrogen (secondary N) is 1. The van der Waals surface area contributed by atoms with Gasteiger partial charge in [-0.05, 0) is 24.1 Å². The third-order valence-corrected chi connectivity index (χ3v) is 4.38. The van der Waals surface area contributed by atoms with E-state index in [4.69, 9.17) is 17.3 Å². The van der Waals surface area contributed by atoms with Crippen molar-refractivity contribution in [1.82, 2.24) is 10.3 Å². The van der Waals surface area contributed by atoms with E-state index in [1.54, 1.807) is 11.3 Å². The van der Waals surface area contributed by atoms with E-state index in [0.29, 0.717) is 18.0 Å². The predicted molar refractivity (Wildman–Crippen MR) is 91.4 cm³/mol. The van der Waals surface area contributed by atoms with Gasteiger partial charge in [0.15, 0.2) is 0 Å². The minimum atomic E-state index is -0.454. The summed E-state index contributed by atoms with van der Waals surface area (Å²) in [6.07, 6.45) is 0.702. The van der Waals surface area contributed by atoms with Crippen molar-refractivity contribution in [2.45, 2.75) is 26.3 Å². The Morgan fingerprint density at radius 2 is 2.19 bits per heavy atom. The summed E-state index contributed by atoms with van der Waals surface area (Å²) in [5, 5.41) is 4.52. The van der Waals surface area contributed by atoms with Crippen LogP contribution in [0.15, 0.2) is 18.2 Å². The van der Waals surface area contributed by atoms with E-state index in [2.05, 4.69) is 10.3 Å². The Balaban J connectivity index is 0.00000220. The molecule has 1 amide bonds. The lowest BCUT2D eigenvalue weighted by molar-refractivity contribution is -0.123. The van der Waals surface area contributed by atoms with Crippen molar-refractivity contribution < 1.29 is 4.79 Å². The molecule has 0 unspecified atom stereocenters. The maximum atomic E-state index is 11.7. The number of aromatic nitrogens is 1. The van der Waals surface area contributed by atoms with Crippen LogP contribution in [0.5, 0.6) is 0 Å². The van der Waals surface area contributed by atoms with Gasteiger partial charge in [-0.3, -0.25) is 4.79 Å². The lowest BCUT2D eigenvalue weighted by Crippen LogP contribution is -2.44. The molecule has 0 aliphatic carbocycles. The molecule has 1 heterocycles. The lowest BCUT2D eigenvalue weighted by Gasteiger charge is -2.14. The SMILES string of the molecule is CC(C)[C@H](N)C(=O)NCCc1nc2cc(Cl)ccc2s1.Cl. The molecule has 0 bridgehead atoms. The van der Waals surface area contributed by atoms with Gasteiger partial charge in [0.25, 0.3) is 0 Å². The van der Waals surface area contributed by atoms with Crippen LogP contribution in [-0.2, 0) is 11.2 Å². The highest BCUT2D eigenvalue weighted by molar-refractivity contribution is 7.18. The van der Waals surface area contributed by atoms with Gasteiger partial charge in [0, 0.05) is 18.0 Å². The van der Waals surface area contributed by atoms with Gasteiger partial charge < -0.3 is 11.1 Å². The molecule has 0 aliphatic rings. The fraction of sp³-hybridized carbons (Fsp3) is 0.429. The normalized spacial score (nSPS) is 12.2. The Morgan fingerprint density at radius 3 is 2.86 bits per heavy atom. The summed E-state index contributed by atoms with van der Waals surface area (Å²) in [4.78, 5) is 16.2. The van der Waals surface area contributed by atoms with Crippen LogP contribution < -0.4 is 11.1 Å². The number of nitrogens with two attached hydrogens (primary N) is 1. The molecule has 0 saturated carbocycles. The summed E-state index contributed by atoms with van der Waals surface area (Å²) < 4.78 is 1.11. The predicted octanol–water partition coefficient (Wildman–Crippen LogP) is 3.01. The summed E-state index contributed by atoms with van der Waals surface area (Å²) in [6.45, 7) is 4.41. The number of thiazole rings is 1. The van der Waals surface area contributed by atoms with Gasteiger partial charge in [0.1, 0.15) is 0 Å². The van der Waals surface area contributed by atoms with E-state index in [1.165, 1.54) is 0 Å². The van der Waals surface area contributed by atoms with Crippen LogP contribution in [0.3, 0.4) is 0 Å². The Labute approximate surface area is 139 Å². The minimum absolute atomic E-state index is 0. The van der Waals surface area contributed by atoms with Crippen LogP contribution in [0.25, 0.3) is 10.2 Å². The van der Waals surface area contributed by atoms with Crippen molar-refractivity contribution in [2.75, 3.05) is 6.54 Å². The fourth-order valence-electron chi connectivity index (χ4n) is 1.77. The van der Waals surface area contributed by atoms with Crippen molar-refractivity contribution in [1.29, 1.82) is 0 Å². The first kappa shape index (κ1) is 18.2. The van der Waals surface area contributed by atoms with E-state index in [-0.39, 0.29) is 24.2 Å². The second-order valence-corrected chi connectivity index (χ2v) is 6.58. The van der Waals surface area contributed by atoms with Crippen LogP contribution in [0.4, 0.5) is 0 Å². The summed E-state index contributed by atoms with van der Waals surface area (Å²) in [5.74, 6) is 0.0312. The van der Waals surface area contributed by atoms with Gasteiger partial charge in [-0.1, -0.05) is 25.4 Å². The smallest absolute Gasteiger partial charge is 0.237 e. The Hall–Kier alpha value is -0.880. The average Bonchev–Trinajstić information content (AvgIpc) is 2.79. The molecule has 21 heavy (non-hydrogen) atoms. The van der Waals surface area contributed by atoms with Gasteiger partial charge in [-0.15, -0.1) is 23.7 Å². The molecule has 0 radical (unpaired) electrons. The molecule has 0 fully saturated rings.